The van der Waals surface area contributed by atoms with E-state index in [2.05, 4.69) is 5.32 Å². The molecule has 2 aromatic carbocycles. The van der Waals surface area contributed by atoms with Crippen LogP contribution in [-0.2, 0) is 6.42 Å². The van der Waals surface area contributed by atoms with Crippen LogP contribution in [0, 0.1) is 0 Å². The Labute approximate surface area is 111 Å². The van der Waals surface area contributed by atoms with Gasteiger partial charge in [-0.05, 0) is 30.2 Å². The van der Waals surface area contributed by atoms with Crippen molar-refractivity contribution in [1.29, 1.82) is 0 Å². The number of carbonyl (C=O) groups excluding carboxylic acids is 1. The Kier molecular flexibility index (Phi) is 4.03. The number of hydrogen-bond donors (Lipinski definition) is 3. The van der Waals surface area contributed by atoms with Crippen LogP contribution in [0.25, 0.3) is 0 Å². The van der Waals surface area contributed by atoms with Gasteiger partial charge in [0, 0.05) is 18.2 Å². The van der Waals surface area contributed by atoms with Crippen molar-refractivity contribution in [3.63, 3.8) is 0 Å². The van der Waals surface area contributed by atoms with Crippen LogP contribution >= 0.6 is 0 Å². The molecule has 0 aliphatic heterocycles. The lowest BCUT2D eigenvalue weighted by Gasteiger charge is -2.07. The van der Waals surface area contributed by atoms with Crippen LogP contribution in [0.4, 0.5) is 0 Å². The van der Waals surface area contributed by atoms with Gasteiger partial charge in [-0.25, -0.2) is 0 Å². The largest absolute Gasteiger partial charge is 0.508 e. The highest BCUT2D eigenvalue weighted by Crippen LogP contribution is 2.22. The molecule has 0 unspecified atom stereocenters. The Morgan fingerprint density at radius 2 is 1.79 bits per heavy atom. The van der Waals surface area contributed by atoms with Crippen molar-refractivity contribution in [2.45, 2.75) is 6.42 Å². The van der Waals surface area contributed by atoms with Crippen LogP contribution in [0.3, 0.4) is 0 Å². The molecular formula is C15H15NO3. The summed E-state index contributed by atoms with van der Waals surface area (Å²) in [5.41, 5.74) is 1.29. The predicted molar refractivity (Wildman–Crippen MR) is 72.3 cm³/mol. The lowest BCUT2D eigenvalue weighted by atomic mass is 10.1. The summed E-state index contributed by atoms with van der Waals surface area (Å²) in [5, 5.41) is 21.5. The van der Waals surface area contributed by atoms with Crippen molar-refractivity contribution < 1.29 is 15.0 Å². The van der Waals surface area contributed by atoms with Gasteiger partial charge < -0.3 is 15.5 Å². The highest BCUT2D eigenvalue weighted by Gasteiger charge is 2.05. The fourth-order valence-corrected chi connectivity index (χ4v) is 1.77. The first-order valence-electron chi connectivity index (χ1n) is 6.01. The number of amides is 1. The Bertz CT molecular complexity index is 567. The summed E-state index contributed by atoms with van der Waals surface area (Å²) in [7, 11) is 0. The Balaban J connectivity index is 1.88. The second-order valence-electron chi connectivity index (χ2n) is 4.18. The van der Waals surface area contributed by atoms with Crippen LogP contribution in [0.2, 0.25) is 0 Å². The van der Waals surface area contributed by atoms with Gasteiger partial charge in [0.25, 0.3) is 5.91 Å². The van der Waals surface area contributed by atoms with Crippen LogP contribution in [-0.4, -0.2) is 22.7 Å². The van der Waals surface area contributed by atoms with E-state index in [9.17, 15) is 15.0 Å². The molecule has 0 atom stereocenters. The van der Waals surface area contributed by atoms with Crippen LogP contribution < -0.4 is 5.32 Å². The van der Waals surface area contributed by atoms with E-state index in [1.54, 1.807) is 30.3 Å². The molecule has 0 spiro atoms. The first kappa shape index (κ1) is 13.0. The fourth-order valence-electron chi connectivity index (χ4n) is 1.77. The molecule has 4 nitrogen and oxygen atoms in total. The third kappa shape index (κ3) is 3.48. The van der Waals surface area contributed by atoms with Gasteiger partial charge in [-0.3, -0.25) is 4.79 Å². The molecule has 0 aliphatic rings. The van der Waals surface area contributed by atoms with Crippen molar-refractivity contribution in [1.82, 2.24) is 5.32 Å². The van der Waals surface area contributed by atoms with Gasteiger partial charge in [0.15, 0.2) is 0 Å². The number of carbonyl (C=O) groups is 1. The van der Waals surface area contributed by atoms with Crippen molar-refractivity contribution in [2.24, 2.45) is 0 Å². The normalized spacial score (nSPS) is 10.1. The molecule has 2 rings (SSSR count). The predicted octanol–water partition coefficient (Wildman–Crippen LogP) is 2.07. The highest BCUT2D eigenvalue weighted by molar-refractivity contribution is 5.94. The monoisotopic (exact) mass is 257 g/mol. The number of nitrogens with one attached hydrogen (secondary N) is 1. The second-order valence-corrected chi connectivity index (χ2v) is 4.18. The van der Waals surface area contributed by atoms with Crippen LogP contribution in [0.5, 0.6) is 11.5 Å². The number of phenols is 2. The van der Waals surface area contributed by atoms with Crippen LogP contribution in [0.15, 0.2) is 48.5 Å². The fraction of sp³-hybridized carbons (Fsp3) is 0.133. The topological polar surface area (TPSA) is 69.6 Å². The molecule has 0 radical (unpaired) electrons. The molecule has 1 amide bonds. The van der Waals surface area contributed by atoms with E-state index in [1.807, 2.05) is 6.07 Å². The average molecular weight is 257 g/mol. The standard InChI is InChI=1S/C15H15NO3/c17-13-7-6-11(14(18)10-13)8-9-16-15(19)12-4-2-1-3-5-12/h1-7,10,17-18H,8-9H2,(H,16,19). The van der Waals surface area contributed by atoms with E-state index < -0.39 is 0 Å². The lowest BCUT2D eigenvalue weighted by molar-refractivity contribution is 0.0954. The average Bonchev–Trinajstić information content (AvgIpc) is 2.42. The molecule has 0 aromatic heterocycles. The Morgan fingerprint density at radius 3 is 2.47 bits per heavy atom. The minimum atomic E-state index is -0.140. The first-order valence-corrected chi connectivity index (χ1v) is 6.01. The van der Waals surface area contributed by atoms with Crippen molar-refractivity contribution in [2.75, 3.05) is 6.54 Å². The highest BCUT2D eigenvalue weighted by atomic mass is 16.3. The van der Waals surface area contributed by atoms with Crippen molar-refractivity contribution in [3.05, 3.63) is 59.7 Å². The Morgan fingerprint density at radius 1 is 1.05 bits per heavy atom. The SMILES string of the molecule is O=C(NCCc1ccc(O)cc1O)c1ccccc1. The lowest BCUT2D eigenvalue weighted by Crippen LogP contribution is -2.25. The number of aromatic hydroxyl groups is 2. The second kappa shape index (κ2) is 5.91. The van der Waals surface area contributed by atoms with Gasteiger partial charge in [-0.1, -0.05) is 24.3 Å². The molecule has 4 heteroatoms. The number of benzene rings is 2. The molecule has 98 valence electrons. The van der Waals surface area contributed by atoms with E-state index >= 15 is 0 Å². The maximum absolute atomic E-state index is 11.8. The Hall–Kier alpha value is -2.49. The van der Waals surface area contributed by atoms with Gasteiger partial charge >= 0.3 is 0 Å². The first-order chi connectivity index (χ1) is 9.16. The smallest absolute Gasteiger partial charge is 0.251 e. The number of rotatable bonds is 4. The molecule has 3 N–H and O–H groups in total. The summed E-state index contributed by atoms with van der Waals surface area (Å²) < 4.78 is 0. The maximum Gasteiger partial charge on any atom is 0.251 e. The third-order valence-corrected chi connectivity index (χ3v) is 2.78. The summed E-state index contributed by atoms with van der Waals surface area (Å²) in [4.78, 5) is 11.8. The zero-order chi connectivity index (χ0) is 13.7. The quantitative estimate of drug-likeness (QED) is 0.785. The van der Waals surface area contributed by atoms with E-state index in [1.165, 1.54) is 12.1 Å². The molecule has 0 saturated heterocycles. The van der Waals surface area contributed by atoms with E-state index in [0.29, 0.717) is 24.1 Å². The molecule has 19 heavy (non-hydrogen) atoms. The molecule has 0 fully saturated rings. The summed E-state index contributed by atoms with van der Waals surface area (Å²) in [6, 6.07) is 13.4. The van der Waals surface area contributed by atoms with Gasteiger partial charge in [-0.15, -0.1) is 0 Å². The third-order valence-electron chi connectivity index (χ3n) is 2.78. The van der Waals surface area contributed by atoms with Gasteiger partial charge in [-0.2, -0.15) is 0 Å². The molecule has 0 saturated carbocycles. The summed E-state index contributed by atoms with van der Waals surface area (Å²) in [6.07, 6.45) is 0.505. The molecule has 0 heterocycles. The number of hydrogen-bond acceptors (Lipinski definition) is 3. The van der Waals surface area contributed by atoms with E-state index in [0.717, 1.165) is 0 Å². The van der Waals surface area contributed by atoms with Crippen molar-refractivity contribution >= 4 is 5.91 Å². The summed E-state index contributed by atoms with van der Waals surface area (Å²) in [6.45, 7) is 0.423. The van der Waals surface area contributed by atoms with Crippen molar-refractivity contribution in [3.8, 4) is 11.5 Å². The number of phenolic OH excluding ortho intramolecular Hbond substituents is 2. The minimum absolute atomic E-state index is 0.0228. The molecule has 0 aliphatic carbocycles. The molecule has 2 aromatic rings. The van der Waals surface area contributed by atoms with Gasteiger partial charge in [0.1, 0.15) is 11.5 Å². The zero-order valence-corrected chi connectivity index (χ0v) is 10.3. The zero-order valence-electron chi connectivity index (χ0n) is 10.3. The van der Waals surface area contributed by atoms with Crippen LogP contribution in [0.1, 0.15) is 15.9 Å². The van der Waals surface area contributed by atoms with Gasteiger partial charge in [0.2, 0.25) is 0 Å². The van der Waals surface area contributed by atoms with E-state index in [4.69, 9.17) is 0 Å². The van der Waals surface area contributed by atoms with E-state index in [-0.39, 0.29) is 17.4 Å². The summed E-state index contributed by atoms with van der Waals surface area (Å²) in [5.74, 6) is -0.0811. The molecular weight excluding hydrogens is 242 g/mol. The van der Waals surface area contributed by atoms with Gasteiger partial charge in [0.05, 0.1) is 0 Å². The minimum Gasteiger partial charge on any atom is -0.508 e. The molecule has 0 bridgehead atoms. The maximum atomic E-state index is 11.8. The summed E-state index contributed by atoms with van der Waals surface area (Å²) >= 11 is 0.